The predicted molar refractivity (Wildman–Crippen MR) is 84.9 cm³/mol. The normalized spacial score (nSPS) is 20.7. The molecule has 7 nitrogen and oxygen atoms in total. The molecule has 23 heavy (non-hydrogen) atoms. The van der Waals surface area contributed by atoms with Crippen LogP contribution in [-0.4, -0.2) is 65.0 Å². The van der Waals surface area contributed by atoms with E-state index in [1.54, 1.807) is 13.8 Å². The second kappa shape index (κ2) is 7.66. The van der Waals surface area contributed by atoms with E-state index in [0.717, 1.165) is 25.9 Å². The number of rotatable bonds is 4. The molecule has 130 valence electrons. The molecule has 3 amide bonds. The summed E-state index contributed by atoms with van der Waals surface area (Å²) in [5.74, 6) is -1.58. The average Bonchev–Trinajstić information content (AvgIpc) is 3.05. The summed E-state index contributed by atoms with van der Waals surface area (Å²) in [6.45, 7) is 6.33. The van der Waals surface area contributed by atoms with E-state index in [1.165, 1.54) is 0 Å². The Kier molecular flexibility index (Phi) is 5.85. The van der Waals surface area contributed by atoms with Gasteiger partial charge in [0, 0.05) is 32.1 Å². The van der Waals surface area contributed by atoms with E-state index in [9.17, 15) is 14.4 Å². The average molecular weight is 325 g/mol. The molecule has 0 aromatic carbocycles. The summed E-state index contributed by atoms with van der Waals surface area (Å²) in [4.78, 5) is 39.4. The molecule has 2 aliphatic heterocycles. The number of hydrogen-bond donors (Lipinski definition) is 2. The second-order valence-corrected chi connectivity index (χ2v) is 6.81. The largest absolute Gasteiger partial charge is 0.480 e. The highest BCUT2D eigenvalue weighted by molar-refractivity contribution is 5.85. The lowest BCUT2D eigenvalue weighted by atomic mass is 9.94. The quantitative estimate of drug-likeness (QED) is 0.811. The Balaban J connectivity index is 1.82. The van der Waals surface area contributed by atoms with E-state index in [1.807, 2.05) is 9.80 Å². The van der Waals surface area contributed by atoms with Crippen molar-refractivity contribution in [1.82, 2.24) is 15.1 Å². The molecule has 2 heterocycles. The molecule has 0 aliphatic carbocycles. The van der Waals surface area contributed by atoms with Gasteiger partial charge in [-0.3, -0.25) is 4.79 Å². The lowest BCUT2D eigenvalue weighted by Crippen LogP contribution is -2.50. The van der Waals surface area contributed by atoms with Crippen molar-refractivity contribution in [3.05, 3.63) is 0 Å². The van der Waals surface area contributed by atoms with Gasteiger partial charge in [0.2, 0.25) is 5.91 Å². The molecule has 0 aromatic rings. The minimum absolute atomic E-state index is 0.0759. The Morgan fingerprint density at radius 2 is 1.52 bits per heavy atom. The number of carboxylic acids is 1. The number of nitrogens with one attached hydrogen (secondary N) is 1. The standard InChI is InChI=1S/C16H27N3O4/c1-11(2)13(15(21)22)17-14(20)12-5-9-19(10-6-12)16(23)18-7-3-4-8-18/h11-13H,3-10H2,1-2H3,(H,17,20)(H,21,22)/t13-/m1/s1. The minimum Gasteiger partial charge on any atom is -0.480 e. The van der Waals surface area contributed by atoms with Crippen molar-refractivity contribution >= 4 is 17.9 Å². The van der Waals surface area contributed by atoms with E-state index in [4.69, 9.17) is 5.11 Å². The first kappa shape index (κ1) is 17.6. The molecule has 2 N–H and O–H groups in total. The first-order valence-electron chi connectivity index (χ1n) is 8.47. The number of carbonyl (C=O) groups is 3. The van der Waals surface area contributed by atoms with Gasteiger partial charge >= 0.3 is 12.0 Å². The van der Waals surface area contributed by atoms with Gasteiger partial charge in [0.1, 0.15) is 6.04 Å². The van der Waals surface area contributed by atoms with Gasteiger partial charge in [0.15, 0.2) is 0 Å². The molecule has 0 radical (unpaired) electrons. The molecule has 0 spiro atoms. The van der Waals surface area contributed by atoms with Crippen LogP contribution in [0.4, 0.5) is 4.79 Å². The van der Waals surface area contributed by atoms with Crippen LogP contribution in [0.5, 0.6) is 0 Å². The fourth-order valence-corrected chi connectivity index (χ4v) is 3.23. The highest BCUT2D eigenvalue weighted by Crippen LogP contribution is 2.20. The molecular weight excluding hydrogens is 298 g/mol. The van der Waals surface area contributed by atoms with Crippen LogP contribution < -0.4 is 5.32 Å². The molecule has 1 atom stereocenters. The van der Waals surface area contributed by atoms with E-state index in [-0.39, 0.29) is 23.8 Å². The maximum atomic E-state index is 12.3. The highest BCUT2D eigenvalue weighted by atomic mass is 16.4. The van der Waals surface area contributed by atoms with Crippen molar-refractivity contribution in [1.29, 1.82) is 0 Å². The number of nitrogens with zero attached hydrogens (tertiary/aromatic N) is 2. The number of urea groups is 1. The smallest absolute Gasteiger partial charge is 0.326 e. The van der Waals surface area contributed by atoms with Crippen LogP contribution in [-0.2, 0) is 9.59 Å². The fourth-order valence-electron chi connectivity index (χ4n) is 3.23. The number of piperidine rings is 1. The molecule has 0 unspecified atom stereocenters. The maximum Gasteiger partial charge on any atom is 0.326 e. The summed E-state index contributed by atoms with van der Waals surface area (Å²) in [5.41, 5.74) is 0. The summed E-state index contributed by atoms with van der Waals surface area (Å²) < 4.78 is 0. The number of likely N-dealkylation sites (tertiary alicyclic amines) is 2. The first-order chi connectivity index (χ1) is 10.9. The highest BCUT2D eigenvalue weighted by Gasteiger charge is 2.32. The SMILES string of the molecule is CC(C)[C@@H](NC(=O)C1CCN(C(=O)N2CCCC2)CC1)C(=O)O. The summed E-state index contributed by atoms with van der Waals surface area (Å²) >= 11 is 0. The topological polar surface area (TPSA) is 90.0 Å². The van der Waals surface area contributed by atoms with E-state index < -0.39 is 12.0 Å². The number of amides is 3. The monoisotopic (exact) mass is 325 g/mol. The van der Waals surface area contributed by atoms with Gasteiger partial charge in [-0.05, 0) is 31.6 Å². The van der Waals surface area contributed by atoms with Crippen LogP contribution in [0.3, 0.4) is 0 Å². The van der Waals surface area contributed by atoms with Gasteiger partial charge in [0.25, 0.3) is 0 Å². The Labute approximate surface area is 137 Å². The summed E-state index contributed by atoms with van der Waals surface area (Å²) in [5, 5.41) is 11.8. The first-order valence-corrected chi connectivity index (χ1v) is 8.47. The lowest BCUT2D eigenvalue weighted by Gasteiger charge is -2.34. The molecule has 0 bridgehead atoms. The summed E-state index contributed by atoms with van der Waals surface area (Å²) in [6, 6.07) is -0.779. The molecule has 7 heteroatoms. The maximum absolute atomic E-state index is 12.3. The summed E-state index contributed by atoms with van der Waals surface area (Å²) in [6.07, 6.45) is 3.32. The van der Waals surface area contributed by atoms with Crippen molar-refractivity contribution in [2.75, 3.05) is 26.2 Å². The predicted octanol–water partition coefficient (Wildman–Crippen LogP) is 1.14. The number of aliphatic carboxylic acids is 1. The fraction of sp³-hybridized carbons (Fsp3) is 0.812. The Hall–Kier alpha value is -1.79. The number of hydrogen-bond acceptors (Lipinski definition) is 3. The van der Waals surface area contributed by atoms with Gasteiger partial charge in [0.05, 0.1) is 0 Å². The Morgan fingerprint density at radius 3 is 2.00 bits per heavy atom. The van der Waals surface area contributed by atoms with Gasteiger partial charge in [-0.2, -0.15) is 0 Å². The van der Waals surface area contributed by atoms with E-state index >= 15 is 0 Å². The zero-order valence-electron chi connectivity index (χ0n) is 14.0. The second-order valence-electron chi connectivity index (χ2n) is 6.81. The van der Waals surface area contributed by atoms with Crippen molar-refractivity contribution in [2.24, 2.45) is 11.8 Å². The third-order valence-corrected chi connectivity index (χ3v) is 4.74. The van der Waals surface area contributed by atoms with E-state index in [2.05, 4.69) is 5.32 Å². The Morgan fingerprint density at radius 1 is 1.00 bits per heavy atom. The van der Waals surface area contributed by atoms with Crippen LogP contribution in [0.2, 0.25) is 0 Å². The number of carbonyl (C=O) groups excluding carboxylic acids is 2. The van der Waals surface area contributed by atoms with Crippen LogP contribution in [0.25, 0.3) is 0 Å². The summed E-state index contributed by atoms with van der Waals surface area (Å²) in [7, 11) is 0. The number of carboxylic acid groups (broad SMARTS) is 1. The molecule has 2 saturated heterocycles. The minimum atomic E-state index is -1.00. The molecule has 2 rings (SSSR count). The van der Waals surface area contributed by atoms with Crippen LogP contribution >= 0.6 is 0 Å². The molecule has 0 aromatic heterocycles. The molecular formula is C16H27N3O4. The van der Waals surface area contributed by atoms with Crippen molar-refractivity contribution in [3.8, 4) is 0 Å². The molecule has 0 saturated carbocycles. The van der Waals surface area contributed by atoms with Gasteiger partial charge in [-0.25, -0.2) is 9.59 Å². The molecule has 2 aliphatic rings. The Bertz CT molecular complexity index is 452. The lowest BCUT2D eigenvalue weighted by molar-refractivity contribution is -0.144. The van der Waals surface area contributed by atoms with E-state index in [0.29, 0.717) is 25.9 Å². The van der Waals surface area contributed by atoms with Crippen molar-refractivity contribution in [2.45, 2.75) is 45.6 Å². The van der Waals surface area contributed by atoms with Crippen molar-refractivity contribution in [3.63, 3.8) is 0 Å². The van der Waals surface area contributed by atoms with Crippen molar-refractivity contribution < 1.29 is 19.5 Å². The zero-order chi connectivity index (χ0) is 17.0. The zero-order valence-corrected chi connectivity index (χ0v) is 14.0. The van der Waals surface area contributed by atoms with Gasteiger partial charge < -0.3 is 20.2 Å². The van der Waals surface area contributed by atoms with Crippen LogP contribution in [0.15, 0.2) is 0 Å². The van der Waals surface area contributed by atoms with Crippen LogP contribution in [0, 0.1) is 11.8 Å². The third-order valence-electron chi connectivity index (χ3n) is 4.74. The third kappa shape index (κ3) is 4.36. The van der Waals surface area contributed by atoms with Crippen LogP contribution in [0.1, 0.15) is 39.5 Å². The van der Waals surface area contributed by atoms with Gasteiger partial charge in [-0.15, -0.1) is 0 Å². The molecule has 2 fully saturated rings. The van der Waals surface area contributed by atoms with Gasteiger partial charge in [-0.1, -0.05) is 13.8 Å².